The lowest BCUT2D eigenvalue weighted by Crippen LogP contribution is -2.27. The Labute approximate surface area is 356 Å². The maximum absolute atomic E-state index is 13.6. The Balaban J connectivity index is 0.988. The minimum atomic E-state index is -0.627. The highest BCUT2D eigenvalue weighted by Gasteiger charge is 2.32. The van der Waals surface area contributed by atoms with Crippen molar-refractivity contribution in [3.8, 4) is 22.9 Å². The van der Waals surface area contributed by atoms with Crippen LogP contribution in [-0.2, 0) is 9.59 Å². The summed E-state index contributed by atoms with van der Waals surface area (Å²) in [5.74, 6) is 3.44. The minimum Gasteiger partial charge on any atom is -0.497 e. The van der Waals surface area contributed by atoms with E-state index >= 15 is 0 Å². The molecule has 2 N–H and O–H groups in total. The Hall–Kier alpha value is -6.38. The number of amides is 2. The average Bonchev–Trinajstić information content (AvgIpc) is 3.75. The molecule has 0 bridgehead atoms. The van der Waals surface area contributed by atoms with Crippen molar-refractivity contribution < 1.29 is 19.1 Å². The van der Waals surface area contributed by atoms with Crippen LogP contribution in [0, 0.1) is 13.8 Å². The third-order valence-corrected chi connectivity index (χ3v) is 10.8. The van der Waals surface area contributed by atoms with E-state index in [4.69, 9.17) is 42.7 Å². The number of carbonyl (C=O) groups excluding carboxylic acids is 2. The van der Waals surface area contributed by atoms with E-state index in [-0.39, 0.29) is 24.7 Å². The van der Waals surface area contributed by atoms with E-state index in [1.54, 1.807) is 7.11 Å². The summed E-state index contributed by atoms with van der Waals surface area (Å²) in [5.41, 5.74) is 6.29. The van der Waals surface area contributed by atoms with Gasteiger partial charge in [0.1, 0.15) is 35.2 Å². The topological polar surface area (TPSA) is 163 Å². The Kier molecular flexibility index (Phi) is 11.8. The van der Waals surface area contributed by atoms with E-state index in [0.717, 1.165) is 33.6 Å². The molecule has 0 fully saturated rings. The van der Waals surface area contributed by atoms with Crippen molar-refractivity contribution in [2.45, 2.75) is 52.1 Å². The van der Waals surface area contributed by atoms with Gasteiger partial charge in [0.2, 0.25) is 11.8 Å². The molecule has 4 aromatic carbocycles. The smallest absolute Gasteiger partial charge is 0.222 e. The van der Waals surface area contributed by atoms with Crippen molar-refractivity contribution in [1.29, 1.82) is 0 Å². The van der Waals surface area contributed by atoms with Crippen LogP contribution in [0.2, 0.25) is 10.0 Å². The van der Waals surface area contributed by atoms with Crippen molar-refractivity contribution in [3.05, 3.63) is 141 Å². The first-order valence-corrected chi connectivity index (χ1v) is 20.4. The number of hydrogen-bond donors (Lipinski definition) is 2. The molecular weight excluding hydrogens is 803 g/mol. The van der Waals surface area contributed by atoms with Crippen LogP contribution in [0.1, 0.15) is 83.8 Å². The van der Waals surface area contributed by atoms with E-state index in [9.17, 15) is 9.59 Å². The zero-order valence-electron chi connectivity index (χ0n) is 33.4. The number of hydrogen-bond acceptors (Lipinski definition) is 10. The molecule has 2 atom stereocenters. The zero-order valence-corrected chi connectivity index (χ0v) is 35.0. The highest BCUT2D eigenvalue weighted by molar-refractivity contribution is 6.31. The molecular formula is C44H42Cl2N10O4. The van der Waals surface area contributed by atoms with Gasteiger partial charge >= 0.3 is 0 Å². The fourth-order valence-corrected chi connectivity index (χ4v) is 7.75. The SMILES string of the molecule is CCNC(=O)C[C@@H]1N=C(c2ccc(Cl)cc2)c2cc(OCCCNC(=O)C[C@@H]3N=C(c4ccc(Cl)cc4)c4cc(OC)ccc4-n4c(C)nnc43)ccc2-n2c(C)nnc21. The first-order valence-electron chi connectivity index (χ1n) is 19.6. The van der Waals surface area contributed by atoms with Crippen LogP contribution >= 0.6 is 23.2 Å². The number of ether oxygens (including phenoxy) is 2. The van der Waals surface area contributed by atoms with Gasteiger partial charge in [0, 0.05) is 45.4 Å². The van der Waals surface area contributed by atoms with Crippen LogP contribution in [0.25, 0.3) is 11.4 Å². The monoisotopic (exact) mass is 844 g/mol. The Morgan fingerprint density at radius 2 is 1.15 bits per heavy atom. The average molecular weight is 846 g/mol. The minimum absolute atomic E-state index is 0.0461. The van der Waals surface area contributed by atoms with Crippen LogP contribution in [0.15, 0.2) is 94.9 Å². The summed E-state index contributed by atoms with van der Waals surface area (Å²) in [6.45, 7) is 6.84. The molecule has 2 aliphatic heterocycles. The fourth-order valence-electron chi connectivity index (χ4n) is 7.50. The number of rotatable bonds is 13. The zero-order chi connectivity index (χ0) is 41.9. The van der Waals surface area contributed by atoms with Crippen molar-refractivity contribution in [2.75, 3.05) is 26.8 Å². The lowest BCUT2D eigenvalue weighted by molar-refractivity contribution is -0.122. The molecule has 306 valence electrons. The van der Waals surface area contributed by atoms with Gasteiger partial charge in [0.15, 0.2) is 11.6 Å². The van der Waals surface area contributed by atoms with Gasteiger partial charge in [-0.25, -0.2) is 0 Å². The molecule has 0 spiro atoms. The van der Waals surface area contributed by atoms with E-state index in [1.165, 1.54) is 0 Å². The highest BCUT2D eigenvalue weighted by Crippen LogP contribution is 2.36. The Bertz CT molecular complexity index is 2640. The number of carbonyl (C=O) groups is 2. The first kappa shape index (κ1) is 40.4. The van der Waals surface area contributed by atoms with Crippen LogP contribution in [-0.4, -0.2) is 79.6 Å². The first-order chi connectivity index (χ1) is 29.1. The van der Waals surface area contributed by atoms with Crippen LogP contribution in [0.3, 0.4) is 0 Å². The van der Waals surface area contributed by atoms with Gasteiger partial charge in [-0.05, 0) is 87.9 Å². The van der Waals surface area contributed by atoms with Gasteiger partial charge in [-0.1, -0.05) is 47.5 Å². The maximum Gasteiger partial charge on any atom is 0.222 e. The van der Waals surface area contributed by atoms with Gasteiger partial charge in [0.05, 0.1) is 49.4 Å². The number of aliphatic imine (C=N–C) groups is 2. The summed E-state index contributed by atoms with van der Waals surface area (Å²) in [6.07, 6.45) is 0.685. The van der Waals surface area contributed by atoms with Crippen molar-refractivity contribution in [2.24, 2.45) is 9.98 Å². The van der Waals surface area contributed by atoms with Gasteiger partial charge in [-0.3, -0.25) is 28.7 Å². The van der Waals surface area contributed by atoms with Crippen LogP contribution in [0.5, 0.6) is 11.5 Å². The molecule has 14 nitrogen and oxygen atoms in total. The standard InChI is InChI=1S/C44H42Cl2N10O4/c1-5-47-39(57)23-35-43-53-52-26(3)56(43)38-18-16-32(22-34(38)42(49-35)28-9-13-30(46)14-10-28)60-20-6-19-48-40(58)24-36-44-54-51-25(2)55(44)37-17-15-31(59-4)21-33(37)41(50-36)27-7-11-29(45)12-8-27/h7-18,21-22,35-36H,5-6,19-20,23-24H2,1-4H3,(H,47,57)(H,48,58)/t35-,36-/m0/s1. The van der Waals surface area contributed by atoms with Gasteiger partial charge < -0.3 is 20.1 Å². The number of fused-ring (bicyclic) bond motifs is 6. The highest BCUT2D eigenvalue weighted by atomic mass is 35.5. The molecule has 0 saturated carbocycles. The van der Waals surface area contributed by atoms with Gasteiger partial charge in [-0.15, -0.1) is 20.4 Å². The second-order valence-electron chi connectivity index (χ2n) is 14.4. The van der Waals surface area contributed by atoms with Gasteiger partial charge in [-0.2, -0.15) is 0 Å². The van der Waals surface area contributed by atoms with Crippen molar-refractivity contribution in [1.82, 2.24) is 40.2 Å². The third kappa shape index (κ3) is 8.25. The quantitative estimate of drug-likeness (QED) is 0.117. The maximum atomic E-state index is 13.6. The lowest BCUT2D eigenvalue weighted by atomic mass is 10.00. The summed E-state index contributed by atoms with van der Waals surface area (Å²) in [7, 11) is 1.62. The predicted molar refractivity (Wildman–Crippen MR) is 229 cm³/mol. The Morgan fingerprint density at radius 1 is 0.667 bits per heavy atom. The van der Waals surface area contributed by atoms with E-state index in [0.29, 0.717) is 82.4 Å². The largest absolute Gasteiger partial charge is 0.497 e. The molecule has 2 aromatic heterocycles. The second-order valence-corrected chi connectivity index (χ2v) is 15.2. The van der Waals surface area contributed by atoms with E-state index in [1.807, 2.05) is 115 Å². The molecule has 16 heteroatoms. The number of aromatic nitrogens is 6. The van der Waals surface area contributed by atoms with E-state index in [2.05, 4.69) is 31.0 Å². The van der Waals surface area contributed by atoms with E-state index < -0.39 is 12.1 Å². The molecule has 2 amide bonds. The van der Waals surface area contributed by atoms with Crippen LogP contribution in [0.4, 0.5) is 0 Å². The second kappa shape index (κ2) is 17.5. The summed E-state index contributed by atoms with van der Waals surface area (Å²) >= 11 is 12.5. The molecule has 8 rings (SSSR count). The third-order valence-electron chi connectivity index (χ3n) is 10.3. The summed E-state index contributed by atoms with van der Waals surface area (Å²) < 4.78 is 15.7. The molecule has 0 saturated heterocycles. The number of benzene rings is 4. The molecule has 6 aromatic rings. The number of aryl methyl sites for hydroxylation is 2. The number of nitrogens with zero attached hydrogens (tertiary/aromatic N) is 8. The summed E-state index contributed by atoms with van der Waals surface area (Å²) in [6, 6.07) is 25.2. The summed E-state index contributed by atoms with van der Waals surface area (Å²) in [4.78, 5) is 36.7. The molecule has 0 unspecified atom stereocenters. The van der Waals surface area contributed by atoms with Gasteiger partial charge in [0.25, 0.3) is 0 Å². The number of methoxy groups -OCH3 is 1. The fraction of sp³-hybridized carbons (Fsp3) is 0.273. The normalized spacial score (nSPS) is 15.2. The molecule has 0 aliphatic carbocycles. The molecule has 60 heavy (non-hydrogen) atoms. The Morgan fingerprint density at radius 3 is 1.65 bits per heavy atom. The lowest BCUT2D eigenvalue weighted by Gasteiger charge is -2.15. The van der Waals surface area contributed by atoms with Crippen LogP contribution < -0.4 is 20.1 Å². The number of nitrogens with one attached hydrogen (secondary N) is 2. The summed E-state index contributed by atoms with van der Waals surface area (Å²) in [5, 5.41) is 24.8. The van der Waals surface area contributed by atoms with Crippen molar-refractivity contribution in [3.63, 3.8) is 0 Å². The van der Waals surface area contributed by atoms with Crippen molar-refractivity contribution >= 4 is 46.4 Å². The molecule has 4 heterocycles. The molecule has 0 radical (unpaired) electrons. The molecule has 2 aliphatic rings. The predicted octanol–water partition coefficient (Wildman–Crippen LogP) is 7.07. The number of halogens is 2.